The highest BCUT2D eigenvalue weighted by Gasteiger charge is 2.26. The smallest absolute Gasteiger partial charge is 0.408 e. The van der Waals surface area contributed by atoms with Crippen molar-refractivity contribution in [2.45, 2.75) is 104 Å². The maximum atomic E-state index is 12.9. The summed E-state index contributed by atoms with van der Waals surface area (Å²) in [4.78, 5) is 37.8. The van der Waals surface area contributed by atoms with Gasteiger partial charge in [-0.1, -0.05) is 96.6 Å². The summed E-state index contributed by atoms with van der Waals surface area (Å²) in [5.41, 5.74) is 0.867. The van der Waals surface area contributed by atoms with E-state index in [1.54, 1.807) is 0 Å². The molecule has 0 aromatic heterocycles. The molecule has 0 aliphatic rings. The van der Waals surface area contributed by atoms with Gasteiger partial charge in [0.25, 0.3) is 0 Å². The average Bonchev–Trinajstić information content (AvgIpc) is 2.82. The summed E-state index contributed by atoms with van der Waals surface area (Å²) in [6, 6.07) is 7.96. The second-order valence-corrected chi connectivity index (χ2v) is 9.27. The van der Waals surface area contributed by atoms with E-state index in [2.05, 4.69) is 22.9 Å². The van der Waals surface area contributed by atoms with Gasteiger partial charge in [0.1, 0.15) is 18.7 Å². The predicted molar refractivity (Wildman–Crippen MR) is 136 cm³/mol. The zero-order chi connectivity index (χ0) is 25.2. The fourth-order valence-electron chi connectivity index (χ4n) is 3.65. The van der Waals surface area contributed by atoms with Gasteiger partial charge >= 0.3 is 6.09 Å². The molecule has 0 radical (unpaired) electrons. The van der Waals surface area contributed by atoms with Gasteiger partial charge in [0.2, 0.25) is 11.8 Å². The summed E-state index contributed by atoms with van der Waals surface area (Å²) in [5, 5.41) is 8.40. The van der Waals surface area contributed by atoms with Gasteiger partial charge in [-0.05, 0) is 30.7 Å². The van der Waals surface area contributed by atoms with Crippen LogP contribution >= 0.6 is 0 Å². The number of rotatable bonds is 17. The van der Waals surface area contributed by atoms with Gasteiger partial charge in [0.15, 0.2) is 0 Å². The minimum absolute atomic E-state index is 0.126. The van der Waals surface area contributed by atoms with Crippen molar-refractivity contribution in [3.05, 3.63) is 35.9 Å². The monoisotopic (exact) mass is 475 g/mol. The maximum Gasteiger partial charge on any atom is 0.408 e. The molecule has 7 nitrogen and oxygen atoms in total. The molecule has 0 saturated heterocycles. The van der Waals surface area contributed by atoms with Crippen LogP contribution in [0.3, 0.4) is 0 Å². The van der Waals surface area contributed by atoms with Crippen molar-refractivity contribution < 1.29 is 19.1 Å². The third-order valence-corrected chi connectivity index (χ3v) is 5.65. The minimum Gasteiger partial charge on any atom is -0.445 e. The van der Waals surface area contributed by atoms with Crippen molar-refractivity contribution in [2.75, 3.05) is 6.54 Å². The molecular weight excluding hydrogens is 430 g/mol. The lowest BCUT2D eigenvalue weighted by atomic mass is 10.0. The first-order chi connectivity index (χ1) is 16.4. The third kappa shape index (κ3) is 13.2. The van der Waals surface area contributed by atoms with E-state index in [4.69, 9.17) is 4.74 Å². The molecule has 0 bridgehead atoms. The Morgan fingerprint density at radius 3 is 2.09 bits per heavy atom. The molecule has 0 heterocycles. The predicted octanol–water partition coefficient (Wildman–Crippen LogP) is 5.09. The first-order valence-electron chi connectivity index (χ1n) is 12.9. The Labute approximate surface area is 205 Å². The van der Waals surface area contributed by atoms with Gasteiger partial charge in [-0.2, -0.15) is 0 Å². The number of nitrogens with one attached hydrogen (secondary N) is 3. The van der Waals surface area contributed by atoms with Crippen molar-refractivity contribution in [2.24, 2.45) is 5.92 Å². The van der Waals surface area contributed by atoms with E-state index in [-0.39, 0.29) is 24.3 Å². The molecule has 192 valence electrons. The summed E-state index contributed by atoms with van der Waals surface area (Å²) in [6.07, 6.45) is 8.53. The van der Waals surface area contributed by atoms with Gasteiger partial charge in [-0.3, -0.25) is 9.59 Å². The number of hydrogen-bond acceptors (Lipinski definition) is 4. The lowest BCUT2D eigenvalue weighted by Crippen LogP contribution is -2.54. The SMILES string of the molecule is CCCCCCCCCNC(=O)[C@H](CC)NC(=O)[C@H](CC(C)C)NC(=O)OCc1ccccc1. The Hall–Kier alpha value is -2.57. The van der Waals surface area contributed by atoms with E-state index < -0.39 is 18.2 Å². The molecule has 34 heavy (non-hydrogen) atoms. The summed E-state index contributed by atoms with van der Waals surface area (Å²) in [7, 11) is 0. The highest BCUT2D eigenvalue weighted by molar-refractivity contribution is 5.91. The van der Waals surface area contributed by atoms with Crippen molar-refractivity contribution in [1.82, 2.24) is 16.0 Å². The molecular formula is C27H45N3O4. The van der Waals surface area contributed by atoms with Gasteiger partial charge in [-0.15, -0.1) is 0 Å². The van der Waals surface area contributed by atoms with Crippen molar-refractivity contribution >= 4 is 17.9 Å². The molecule has 1 aromatic carbocycles. The van der Waals surface area contributed by atoms with Crippen molar-refractivity contribution in [3.63, 3.8) is 0 Å². The summed E-state index contributed by atoms with van der Waals surface area (Å²) in [6.45, 7) is 8.75. The van der Waals surface area contributed by atoms with E-state index in [1.165, 1.54) is 32.1 Å². The molecule has 3 N–H and O–H groups in total. The quantitative estimate of drug-likeness (QED) is 0.273. The molecule has 0 saturated carbocycles. The van der Waals surface area contributed by atoms with Crippen molar-refractivity contribution in [3.8, 4) is 0 Å². The zero-order valence-electron chi connectivity index (χ0n) is 21.5. The van der Waals surface area contributed by atoms with Gasteiger partial charge in [-0.25, -0.2) is 4.79 Å². The largest absolute Gasteiger partial charge is 0.445 e. The molecule has 0 unspecified atom stereocenters. The molecule has 3 amide bonds. The van der Waals surface area contributed by atoms with Crippen LogP contribution in [0.4, 0.5) is 4.79 Å². The Morgan fingerprint density at radius 2 is 1.47 bits per heavy atom. The maximum absolute atomic E-state index is 12.9. The normalized spacial score (nSPS) is 12.6. The third-order valence-electron chi connectivity index (χ3n) is 5.65. The number of carbonyl (C=O) groups is 3. The molecule has 2 atom stereocenters. The molecule has 1 aromatic rings. The summed E-state index contributed by atoms with van der Waals surface area (Å²) < 4.78 is 5.27. The van der Waals surface area contributed by atoms with Crippen LogP contribution in [0.15, 0.2) is 30.3 Å². The van der Waals surface area contributed by atoms with Crippen LogP contribution in [0.1, 0.15) is 91.0 Å². The zero-order valence-corrected chi connectivity index (χ0v) is 21.5. The van der Waals surface area contributed by atoms with E-state index in [0.717, 1.165) is 18.4 Å². The van der Waals surface area contributed by atoms with Gasteiger partial charge in [0, 0.05) is 6.54 Å². The molecule has 0 fully saturated rings. The lowest BCUT2D eigenvalue weighted by Gasteiger charge is -2.23. The lowest BCUT2D eigenvalue weighted by molar-refractivity contribution is -0.130. The number of hydrogen-bond donors (Lipinski definition) is 3. The molecule has 1 rings (SSSR count). The number of benzene rings is 1. The Morgan fingerprint density at radius 1 is 0.824 bits per heavy atom. The summed E-state index contributed by atoms with van der Waals surface area (Å²) >= 11 is 0. The average molecular weight is 476 g/mol. The number of carbonyl (C=O) groups excluding carboxylic acids is 3. The van der Waals surface area contributed by atoms with E-state index in [0.29, 0.717) is 19.4 Å². The van der Waals surface area contributed by atoms with Crippen LogP contribution in [0.2, 0.25) is 0 Å². The number of unbranched alkanes of at least 4 members (excludes halogenated alkanes) is 6. The first kappa shape index (κ1) is 29.5. The van der Waals surface area contributed by atoms with Crippen molar-refractivity contribution in [1.29, 1.82) is 0 Å². The standard InChI is InChI=1S/C27H45N3O4/c1-5-7-8-9-10-11-15-18-28-25(31)23(6-2)29-26(32)24(19-21(3)4)30-27(33)34-20-22-16-13-12-14-17-22/h12-14,16-17,21,23-24H,5-11,15,18-20H2,1-4H3,(H,28,31)(H,29,32)(H,30,33)/t23-,24-/m0/s1. The number of ether oxygens (including phenoxy) is 1. The molecule has 0 aliphatic carbocycles. The fraction of sp³-hybridized carbons (Fsp3) is 0.667. The number of alkyl carbamates (subject to hydrolysis) is 1. The topological polar surface area (TPSA) is 96.5 Å². The van der Waals surface area contributed by atoms with Crippen LogP contribution in [-0.2, 0) is 20.9 Å². The molecule has 0 spiro atoms. The first-order valence-corrected chi connectivity index (χ1v) is 12.9. The minimum atomic E-state index is -0.770. The fourth-order valence-corrected chi connectivity index (χ4v) is 3.65. The van der Waals surface area contributed by atoms with Gasteiger partial charge in [0.05, 0.1) is 0 Å². The van der Waals surface area contributed by atoms with Gasteiger partial charge < -0.3 is 20.7 Å². The van der Waals surface area contributed by atoms with E-state index in [1.807, 2.05) is 51.1 Å². The van der Waals surface area contributed by atoms with E-state index in [9.17, 15) is 14.4 Å². The highest BCUT2D eigenvalue weighted by Crippen LogP contribution is 2.08. The van der Waals surface area contributed by atoms with Crippen LogP contribution in [0.25, 0.3) is 0 Å². The second-order valence-electron chi connectivity index (χ2n) is 9.27. The highest BCUT2D eigenvalue weighted by atomic mass is 16.5. The van der Waals surface area contributed by atoms with Crippen LogP contribution in [0, 0.1) is 5.92 Å². The Bertz CT molecular complexity index is 709. The van der Waals surface area contributed by atoms with Crippen LogP contribution < -0.4 is 16.0 Å². The van der Waals surface area contributed by atoms with Crippen LogP contribution in [-0.4, -0.2) is 36.5 Å². The number of amides is 3. The Balaban J connectivity index is 2.47. The Kier molecular flexibility index (Phi) is 15.5. The van der Waals surface area contributed by atoms with Crippen LogP contribution in [0.5, 0.6) is 0 Å². The summed E-state index contributed by atoms with van der Waals surface area (Å²) in [5.74, 6) is -0.378. The second kappa shape index (κ2) is 17.8. The van der Waals surface area contributed by atoms with E-state index >= 15 is 0 Å². The molecule has 7 heteroatoms. The molecule has 0 aliphatic heterocycles.